The number of aromatic nitrogens is 1. The quantitative estimate of drug-likeness (QED) is 0.509. The Morgan fingerprint density at radius 2 is 1.96 bits per heavy atom. The van der Waals surface area contributed by atoms with E-state index in [0.717, 1.165) is 5.56 Å². The Morgan fingerprint density at radius 1 is 1.14 bits per heavy atom. The van der Waals surface area contributed by atoms with Crippen LogP contribution in [0.5, 0.6) is 5.75 Å². The molecule has 0 bridgehead atoms. The van der Waals surface area contributed by atoms with Crippen molar-refractivity contribution >= 4 is 18.1 Å². The number of nitrogens with zero attached hydrogens (tertiary/aromatic N) is 2. The van der Waals surface area contributed by atoms with Crippen LogP contribution in [0.25, 0.3) is 5.69 Å². The van der Waals surface area contributed by atoms with Crippen molar-refractivity contribution in [3.63, 3.8) is 0 Å². The van der Waals surface area contributed by atoms with Crippen LogP contribution in [0.15, 0.2) is 65.9 Å². The number of rotatable bonds is 6. The smallest absolute Gasteiger partial charge is 0.335 e. The number of carbonyl (C=O) groups excluding carboxylic acids is 1. The van der Waals surface area contributed by atoms with Crippen molar-refractivity contribution in [3.05, 3.63) is 83.2 Å². The molecule has 1 amide bonds. The van der Waals surface area contributed by atoms with Gasteiger partial charge in [-0.2, -0.15) is 5.10 Å². The van der Waals surface area contributed by atoms with Crippen LogP contribution in [0.3, 0.4) is 0 Å². The number of benzene rings is 2. The summed E-state index contributed by atoms with van der Waals surface area (Å²) in [6.07, 6.45) is 3.28. The molecule has 0 spiro atoms. The number of nitrogens with one attached hydrogen (secondary N) is 1. The first-order valence-corrected chi connectivity index (χ1v) is 8.48. The molecule has 0 aliphatic rings. The van der Waals surface area contributed by atoms with Crippen molar-refractivity contribution < 1.29 is 19.4 Å². The van der Waals surface area contributed by atoms with Gasteiger partial charge in [0.25, 0.3) is 5.91 Å². The van der Waals surface area contributed by atoms with Crippen LogP contribution in [0.4, 0.5) is 0 Å². The van der Waals surface area contributed by atoms with Gasteiger partial charge in [0.1, 0.15) is 5.75 Å². The molecule has 0 saturated heterocycles. The number of carboxylic acid groups (broad SMARTS) is 1. The number of methoxy groups -OCH3 is 1. The maximum atomic E-state index is 12.4. The van der Waals surface area contributed by atoms with Crippen LogP contribution in [0.1, 0.15) is 32.0 Å². The summed E-state index contributed by atoms with van der Waals surface area (Å²) in [5.41, 5.74) is 5.40. The molecule has 28 heavy (non-hydrogen) atoms. The first-order valence-electron chi connectivity index (χ1n) is 8.48. The first-order chi connectivity index (χ1) is 13.5. The van der Waals surface area contributed by atoms with E-state index in [4.69, 9.17) is 9.84 Å². The number of aromatic carboxylic acids is 1. The predicted molar refractivity (Wildman–Crippen MR) is 106 cm³/mol. The van der Waals surface area contributed by atoms with Crippen molar-refractivity contribution in [1.29, 1.82) is 0 Å². The standard InChI is InChI=1S/C21H19N3O4/c1-14-8-9-18(19(11-14)28-2)20(25)23-22-13-17-7-4-10-24(17)16-6-3-5-15(12-16)21(26)27/h3-13H,1-2H3,(H,23,25)(H,26,27)/b22-13-. The number of carbonyl (C=O) groups is 2. The highest BCUT2D eigenvalue weighted by Gasteiger charge is 2.11. The van der Waals surface area contributed by atoms with E-state index < -0.39 is 5.97 Å². The number of hydrazone groups is 1. The zero-order chi connectivity index (χ0) is 20.1. The minimum atomic E-state index is -0.997. The lowest BCUT2D eigenvalue weighted by atomic mass is 10.1. The van der Waals surface area contributed by atoms with Gasteiger partial charge in [-0.1, -0.05) is 12.1 Å². The highest BCUT2D eigenvalue weighted by molar-refractivity contribution is 5.97. The Kier molecular flexibility index (Phi) is 5.55. The van der Waals surface area contributed by atoms with E-state index in [-0.39, 0.29) is 11.5 Å². The fraction of sp³-hybridized carbons (Fsp3) is 0.0952. The Balaban J connectivity index is 1.78. The molecule has 142 valence electrons. The van der Waals surface area contributed by atoms with Crippen molar-refractivity contribution in [2.24, 2.45) is 5.10 Å². The molecule has 3 aromatic rings. The molecular formula is C21H19N3O4. The summed E-state index contributed by atoms with van der Waals surface area (Å²) in [7, 11) is 1.51. The number of carboxylic acids is 1. The molecule has 3 rings (SSSR count). The molecule has 1 aromatic heterocycles. The van der Waals surface area contributed by atoms with Crippen LogP contribution >= 0.6 is 0 Å². The summed E-state index contributed by atoms with van der Waals surface area (Å²) in [5, 5.41) is 13.2. The van der Waals surface area contributed by atoms with E-state index in [2.05, 4.69) is 10.5 Å². The zero-order valence-corrected chi connectivity index (χ0v) is 15.4. The second kappa shape index (κ2) is 8.22. The number of hydrogen-bond donors (Lipinski definition) is 2. The fourth-order valence-electron chi connectivity index (χ4n) is 2.73. The van der Waals surface area contributed by atoms with E-state index in [1.165, 1.54) is 19.4 Å². The van der Waals surface area contributed by atoms with Gasteiger partial charge in [0.2, 0.25) is 0 Å². The third-order valence-corrected chi connectivity index (χ3v) is 4.12. The van der Waals surface area contributed by atoms with Crippen LogP contribution in [-0.2, 0) is 0 Å². The summed E-state index contributed by atoms with van der Waals surface area (Å²) in [5.74, 6) is -0.913. The molecule has 0 unspecified atom stereocenters. The number of ether oxygens (including phenoxy) is 1. The second-order valence-corrected chi connectivity index (χ2v) is 6.06. The molecule has 2 aromatic carbocycles. The molecule has 2 N–H and O–H groups in total. The van der Waals surface area contributed by atoms with Crippen LogP contribution in [0.2, 0.25) is 0 Å². The zero-order valence-electron chi connectivity index (χ0n) is 15.4. The number of amides is 1. The van der Waals surface area contributed by atoms with Crippen molar-refractivity contribution in [2.75, 3.05) is 7.11 Å². The normalized spacial score (nSPS) is 10.8. The van der Waals surface area contributed by atoms with Gasteiger partial charge in [-0.05, 0) is 55.0 Å². The first kappa shape index (κ1) is 18.9. The van der Waals surface area contributed by atoms with Gasteiger partial charge in [-0.25, -0.2) is 10.2 Å². The molecule has 0 saturated carbocycles. The molecule has 1 heterocycles. The van der Waals surface area contributed by atoms with Crippen molar-refractivity contribution in [2.45, 2.75) is 6.92 Å². The Bertz CT molecular complexity index is 1050. The van der Waals surface area contributed by atoms with Crippen molar-refractivity contribution in [3.8, 4) is 11.4 Å². The Hall–Kier alpha value is -3.87. The molecule has 0 fully saturated rings. The SMILES string of the molecule is COc1cc(C)ccc1C(=O)N/N=C\c1cccn1-c1cccc(C(=O)O)c1. The van der Waals surface area contributed by atoms with Crippen molar-refractivity contribution in [1.82, 2.24) is 9.99 Å². The van der Waals surface area contributed by atoms with E-state index in [0.29, 0.717) is 22.7 Å². The monoisotopic (exact) mass is 377 g/mol. The summed E-state index contributed by atoms with van der Waals surface area (Å²) in [6.45, 7) is 1.91. The average molecular weight is 377 g/mol. The van der Waals surface area contributed by atoms with E-state index >= 15 is 0 Å². The third kappa shape index (κ3) is 4.09. The highest BCUT2D eigenvalue weighted by Crippen LogP contribution is 2.19. The van der Waals surface area contributed by atoms with E-state index in [9.17, 15) is 9.59 Å². The molecule has 0 atom stereocenters. The third-order valence-electron chi connectivity index (χ3n) is 4.12. The van der Waals surface area contributed by atoms with E-state index in [1.54, 1.807) is 53.2 Å². The summed E-state index contributed by atoms with van der Waals surface area (Å²) in [6, 6.07) is 15.4. The average Bonchev–Trinajstić information content (AvgIpc) is 3.16. The predicted octanol–water partition coefficient (Wildman–Crippen LogP) is 3.26. The topological polar surface area (TPSA) is 92.9 Å². The van der Waals surface area contributed by atoms with Gasteiger partial charge in [0, 0.05) is 11.9 Å². The molecule has 7 heteroatoms. The Morgan fingerprint density at radius 3 is 2.71 bits per heavy atom. The van der Waals surface area contributed by atoms with E-state index in [1.807, 2.05) is 13.0 Å². The Labute approximate surface area is 161 Å². The number of aryl methyl sites for hydroxylation is 1. The lowest BCUT2D eigenvalue weighted by Gasteiger charge is -2.08. The number of hydrogen-bond acceptors (Lipinski definition) is 4. The minimum absolute atomic E-state index is 0.189. The summed E-state index contributed by atoms with van der Waals surface area (Å²) < 4.78 is 7.01. The van der Waals surface area contributed by atoms with Gasteiger partial charge < -0.3 is 14.4 Å². The lowest BCUT2D eigenvalue weighted by molar-refractivity contribution is 0.0696. The summed E-state index contributed by atoms with van der Waals surface area (Å²) >= 11 is 0. The molecular weight excluding hydrogens is 358 g/mol. The maximum Gasteiger partial charge on any atom is 0.335 e. The lowest BCUT2D eigenvalue weighted by Crippen LogP contribution is -2.18. The minimum Gasteiger partial charge on any atom is -0.496 e. The van der Waals surface area contributed by atoms with Crippen LogP contribution in [-0.4, -0.2) is 34.9 Å². The van der Waals surface area contributed by atoms with Gasteiger partial charge in [0.15, 0.2) is 0 Å². The second-order valence-electron chi connectivity index (χ2n) is 6.06. The fourth-order valence-corrected chi connectivity index (χ4v) is 2.73. The highest BCUT2D eigenvalue weighted by atomic mass is 16.5. The molecule has 0 radical (unpaired) electrons. The summed E-state index contributed by atoms with van der Waals surface area (Å²) in [4.78, 5) is 23.5. The molecule has 0 aliphatic heterocycles. The van der Waals surface area contributed by atoms with Crippen LogP contribution < -0.4 is 10.2 Å². The van der Waals surface area contributed by atoms with Gasteiger partial charge in [-0.15, -0.1) is 0 Å². The molecule has 0 aliphatic carbocycles. The van der Waals surface area contributed by atoms with Crippen LogP contribution in [0, 0.1) is 6.92 Å². The van der Waals surface area contributed by atoms with Gasteiger partial charge in [0.05, 0.1) is 30.1 Å². The largest absolute Gasteiger partial charge is 0.496 e. The molecule has 7 nitrogen and oxygen atoms in total. The van der Waals surface area contributed by atoms with Gasteiger partial charge in [-0.3, -0.25) is 4.79 Å². The van der Waals surface area contributed by atoms with Gasteiger partial charge >= 0.3 is 5.97 Å². The maximum absolute atomic E-state index is 12.4.